The fourth-order valence-electron chi connectivity index (χ4n) is 4.76. The maximum absolute atomic E-state index is 3.73. The molecule has 0 bridgehead atoms. The maximum Gasteiger partial charge on any atom is 0.0500 e. The number of likely N-dealkylation sites (tertiary alicyclic amines) is 1. The lowest BCUT2D eigenvalue weighted by Gasteiger charge is -2.32. The zero-order valence-electron chi connectivity index (χ0n) is 17.0. The first-order valence-corrected chi connectivity index (χ1v) is 11.6. The van der Waals surface area contributed by atoms with E-state index in [1.165, 1.54) is 77.1 Å². The Labute approximate surface area is 177 Å². The largest absolute Gasteiger partial charge is 0.354 e. The number of nitrogens with zero attached hydrogens (tertiary/aromatic N) is 1. The van der Waals surface area contributed by atoms with Gasteiger partial charge in [-0.15, -0.1) is 11.3 Å². The van der Waals surface area contributed by atoms with Crippen molar-refractivity contribution in [3.05, 3.63) is 82.0 Å². The number of aryl methyl sites for hydroxylation is 1. The van der Waals surface area contributed by atoms with Crippen LogP contribution in [0.1, 0.15) is 34.8 Å². The second-order valence-corrected chi connectivity index (χ2v) is 9.28. The third-order valence-corrected chi connectivity index (χ3v) is 7.38. The molecule has 5 rings (SSSR count). The molecule has 0 aliphatic carbocycles. The van der Waals surface area contributed by atoms with Gasteiger partial charge in [-0.05, 0) is 79.4 Å². The number of aromatic nitrogens is 1. The highest BCUT2D eigenvalue weighted by atomic mass is 32.1. The van der Waals surface area contributed by atoms with Gasteiger partial charge in [-0.1, -0.05) is 48.5 Å². The molecule has 1 saturated heterocycles. The Morgan fingerprint density at radius 1 is 1.00 bits per heavy atom. The number of hydrogen-bond donors (Lipinski definition) is 1. The number of hydrogen-bond acceptors (Lipinski definition) is 2. The van der Waals surface area contributed by atoms with Crippen molar-refractivity contribution in [2.45, 2.75) is 32.1 Å². The number of para-hydroxylation sites is 1. The Morgan fingerprint density at radius 3 is 2.52 bits per heavy atom. The van der Waals surface area contributed by atoms with Crippen molar-refractivity contribution in [3.8, 4) is 11.3 Å². The zero-order valence-corrected chi connectivity index (χ0v) is 17.8. The Bertz CT molecular complexity index is 1080. The summed E-state index contributed by atoms with van der Waals surface area (Å²) in [4.78, 5) is 7.90. The first kappa shape index (κ1) is 18.7. The monoisotopic (exact) mass is 400 g/mol. The van der Waals surface area contributed by atoms with Crippen LogP contribution < -0.4 is 0 Å². The van der Waals surface area contributed by atoms with Crippen LogP contribution in [0.2, 0.25) is 0 Å². The van der Waals surface area contributed by atoms with Crippen molar-refractivity contribution >= 4 is 22.2 Å². The van der Waals surface area contributed by atoms with E-state index >= 15 is 0 Å². The normalized spacial score (nSPS) is 15.9. The molecule has 3 heterocycles. The van der Waals surface area contributed by atoms with Gasteiger partial charge in [0.25, 0.3) is 0 Å². The van der Waals surface area contributed by atoms with Gasteiger partial charge in [0.05, 0.1) is 0 Å². The number of H-pyrrole nitrogens is 1. The van der Waals surface area contributed by atoms with Crippen LogP contribution in [0.4, 0.5) is 0 Å². The molecule has 2 nitrogen and oxygen atoms in total. The van der Waals surface area contributed by atoms with Gasteiger partial charge in [0, 0.05) is 28.0 Å². The van der Waals surface area contributed by atoms with E-state index < -0.39 is 0 Å². The van der Waals surface area contributed by atoms with Gasteiger partial charge >= 0.3 is 0 Å². The fraction of sp³-hybridized carbons (Fsp3) is 0.308. The van der Waals surface area contributed by atoms with Crippen molar-refractivity contribution in [2.75, 3.05) is 19.6 Å². The number of nitrogens with one attached hydrogen (secondary N) is 1. The molecule has 1 aliphatic rings. The summed E-state index contributed by atoms with van der Waals surface area (Å²) in [5.74, 6) is 0.626. The molecule has 0 spiro atoms. The van der Waals surface area contributed by atoms with Gasteiger partial charge in [-0.2, -0.15) is 0 Å². The van der Waals surface area contributed by atoms with E-state index in [-0.39, 0.29) is 0 Å². The van der Waals surface area contributed by atoms with E-state index in [4.69, 9.17) is 0 Å². The summed E-state index contributed by atoms with van der Waals surface area (Å²) in [6, 6.07) is 22.0. The molecule has 2 aromatic heterocycles. The lowest BCUT2D eigenvalue weighted by atomic mass is 9.86. The van der Waals surface area contributed by atoms with Crippen molar-refractivity contribution in [1.29, 1.82) is 0 Å². The summed E-state index contributed by atoms with van der Waals surface area (Å²) in [5.41, 5.74) is 6.81. The van der Waals surface area contributed by atoms with Gasteiger partial charge in [0.2, 0.25) is 0 Å². The molecule has 1 aliphatic heterocycles. The van der Waals surface area contributed by atoms with Crippen LogP contribution in [0.15, 0.2) is 66.0 Å². The van der Waals surface area contributed by atoms with E-state index in [9.17, 15) is 0 Å². The minimum atomic E-state index is 0.626. The lowest BCUT2D eigenvalue weighted by Crippen LogP contribution is -2.34. The minimum Gasteiger partial charge on any atom is -0.354 e. The molecule has 2 aromatic carbocycles. The first-order valence-electron chi connectivity index (χ1n) is 10.7. The van der Waals surface area contributed by atoms with Gasteiger partial charge in [-0.3, -0.25) is 0 Å². The van der Waals surface area contributed by atoms with Crippen molar-refractivity contribution < 1.29 is 0 Å². The molecular weight excluding hydrogens is 372 g/mol. The molecule has 0 radical (unpaired) electrons. The summed E-state index contributed by atoms with van der Waals surface area (Å²) in [6.07, 6.45) is 3.67. The van der Waals surface area contributed by atoms with E-state index in [2.05, 4.69) is 82.9 Å². The average molecular weight is 401 g/mol. The lowest BCUT2D eigenvalue weighted by molar-refractivity contribution is 0.215. The molecule has 4 aromatic rings. The highest BCUT2D eigenvalue weighted by Crippen LogP contribution is 2.40. The standard InChI is InChI=1S/C26H28N2S/c1-19-17-22(29-18-19)13-16-28-14-11-20(12-15-28)25-23-9-5-6-10-24(23)27-26(25)21-7-3-2-4-8-21/h2-10,17-18,20,27H,11-16H2,1H3. The predicted octanol–water partition coefficient (Wildman–Crippen LogP) is 6.63. The quantitative estimate of drug-likeness (QED) is 0.398. The van der Waals surface area contributed by atoms with E-state index in [0.717, 1.165) is 0 Å². The van der Waals surface area contributed by atoms with Crippen LogP contribution in [-0.2, 0) is 6.42 Å². The van der Waals surface area contributed by atoms with Gasteiger partial charge in [0.1, 0.15) is 0 Å². The minimum absolute atomic E-state index is 0.626. The summed E-state index contributed by atoms with van der Waals surface area (Å²) < 4.78 is 0. The smallest absolute Gasteiger partial charge is 0.0500 e. The Kier molecular flexibility index (Phi) is 5.26. The third-order valence-electron chi connectivity index (χ3n) is 6.26. The van der Waals surface area contributed by atoms with Crippen LogP contribution in [-0.4, -0.2) is 29.5 Å². The van der Waals surface area contributed by atoms with Gasteiger partial charge in [-0.25, -0.2) is 0 Å². The highest BCUT2D eigenvalue weighted by Gasteiger charge is 2.26. The Morgan fingerprint density at radius 2 is 1.76 bits per heavy atom. The van der Waals surface area contributed by atoms with E-state index in [0.29, 0.717) is 5.92 Å². The molecule has 3 heteroatoms. The second kappa shape index (κ2) is 8.17. The van der Waals surface area contributed by atoms with Crippen molar-refractivity contribution in [3.63, 3.8) is 0 Å². The van der Waals surface area contributed by atoms with Crippen LogP contribution in [0.5, 0.6) is 0 Å². The van der Waals surface area contributed by atoms with Gasteiger partial charge in [0.15, 0.2) is 0 Å². The topological polar surface area (TPSA) is 19.0 Å². The van der Waals surface area contributed by atoms with Crippen molar-refractivity contribution in [2.24, 2.45) is 0 Å². The molecule has 0 atom stereocenters. The van der Waals surface area contributed by atoms with Crippen LogP contribution >= 0.6 is 11.3 Å². The zero-order chi connectivity index (χ0) is 19.6. The van der Waals surface area contributed by atoms with Crippen LogP contribution in [0.3, 0.4) is 0 Å². The number of benzene rings is 2. The van der Waals surface area contributed by atoms with Crippen LogP contribution in [0.25, 0.3) is 22.2 Å². The molecule has 0 unspecified atom stereocenters. The van der Waals surface area contributed by atoms with Crippen molar-refractivity contribution in [1.82, 2.24) is 9.88 Å². The Balaban J connectivity index is 1.35. The van der Waals surface area contributed by atoms with E-state index in [1.807, 2.05) is 11.3 Å². The highest BCUT2D eigenvalue weighted by molar-refractivity contribution is 7.10. The summed E-state index contributed by atoms with van der Waals surface area (Å²) in [6.45, 7) is 5.77. The SMILES string of the molecule is Cc1csc(CCN2CCC(c3c(-c4ccccc4)[nH]c4ccccc34)CC2)c1. The molecular formula is C26H28N2S. The molecule has 148 valence electrons. The Hall–Kier alpha value is -2.36. The number of aromatic amines is 1. The number of piperidine rings is 1. The molecule has 29 heavy (non-hydrogen) atoms. The predicted molar refractivity (Wildman–Crippen MR) is 125 cm³/mol. The third kappa shape index (κ3) is 3.90. The summed E-state index contributed by atoms with van der Waals surface area (Å²) in [5, 5.41) is 3.67. The number of rotatable bonds is 5. The number of fused-ring (bicyclic) bond motifs is 1. The molecule has 0 amide bonds. The number of thiophene rings is 1. The van der Waals surface area contributed by atoms with Crippen LogP contribution in [0, 0.1) is 6.92 Å². The molecule has 1 fully saturated rings. The first-order chi connectivity index (χ1) is 14.3. The summed E-state index contributed by atoms with van der Waals surface area (Å²) in [7, 11) is 0. The summed E-state index contributed by atoms with van der Waals surface area (Å²) >= 11 is 1.91. The fourth-order valence-corrected chi connectivity index (χ4v) is 5.62. The second-order valence-electron chi connectivity index (χ2n) is 8.28. The van der Waals surface area contributed by atoms with E-state index in [1.54, 1.807) is 0 Å². The molecule has 0 saturated carbocycles. The van der Waals surface area contributed by atoms with Gasteiger partial charge < -0.3 is 9.88 Å². The maximum atomic E-state index is 3.73. The molecule has 1 N–H and O–H groups in total. The average Bonchev–Trinajstić information content (AvgIpc) is 3.37.